The summed E-state index contributed by atoms with van der Waals surface area (Å²) in [5.74, 6) is -0.857. The Balaban J connectivity index is 2.15. The molecule has 4 heteroatoms. The Labute approximate surface area is 108 Å². The number of ether oxygens (including phenoxy) is 2. The summed E-state index contributed by atoms with van der Waals surface area (Å²) in [5, 5.41) is 0. The molecule has 2 rings (SSSR count). The van der Waals surface area contributed by atoms with Gasteiger partial charge in [-0.05, 0) is 43.9 Å². The molecule has 2 saturated carbocycles. The molecule has 0 radical (unpaired) electrons. The van der Waals surface area contributed by atoms with Crippen LogP contribution in [0.2, 0.25) is 0 Å². The molecular formula is C14H22O4. The average Bonchev–Trinajstić information content (AvgIpc) is 2.87. The zero-order valence-electron chi connectivity index (χ0n) is 11.3. The first-order chi connectivity index (χ1) is 8.58. The van der Waals surface area contributed by atoms with Crippen LogP contribution in [0.5, 0.6) is 0 Å². The normalized spacial score (nSPS) is 24.8. The third-order valence-corrected chi connectivity index (χ3v) is 4.98. The third-order valence-electron chi connectivity index (χ3n) is 4.98. The third kappa shape index (κ3) is 2.02. The monoisotopic (exact) mass is 254 g/mol. The van der Waals surface area contributed by atoms with Crippen LogP contribution in [0.3, 0.4) is 0 Å². The first kappa shape index (κ1) is 13.4. The Hall–Kier alpha value is -1.06. The predicted octanol–water partition coefficient (Wildman–Crippen LogP) is 2.45. The SMILES string of the molecule is COC(=O)C1(C(=O)OC)CCC2(CCCC2)CC1. The second kappa shape index (κ2) is 4.90. The molecule has 2 aliphatic carbocycles. The van der Waals surface area contributed by atoms with E-state index >= 15 is 0 Å². The van der Waals surface area contributed by atoms with E-state index in [9.17, 15) is 9.59 Å². The second-order valence-electron chi connectivity index (χ2n) is 5.77. The smallest absolute Gasteiger partial charge is 0.323 e. The van der Waals surface area contributed by atoms with Crippen LogP contribution in [0.25, 0.3) is 0 Å². The van der Waals surface area contributed by atoms with E-state index in [2.05, 4.69) is 0 Å². The molecule has 0 amide bonds. The molecule has 18 heavy (non-hydrogen) atoms. The highest BCUT2D eigenvalue weighted by atomic mass is 16.5. The van der Waals surface area contributed by atoms with E-state index in [1.165, 1.54) is 39.9 Å². The molecule has 0 N–H and O–H groups in total. The molecule has 0 bridgehead atoms. The van der Waals surface area contributed by atoms with E-state index in [-0.39, 0.29) is 0 Å². The van der Waals surface area contributed by atoms with Gasteiger partial charge in [0.2, 0.25) is 0 Å². The lowest BCUT2D eigenvalue weighted by atomic mass is 9.63. The Kier molecular flexibility index (Phi) is 3.64. The van der Waals surface area contributed by atoms with Gasteiger partial charge in [-0.1, -0.05) is 12.8 Å². The van der Waals surface area contributed by atoms with Crippen molar-refractivity contribution in [3.63, 3.8) is 0 Å². The highest BCUT2D eigenvalue weighted by molar-refractivity contribution is 6.00. The van der Waals surface area contributed by atoms with Gasteiger partial charge >= 0.3 is 11.9 Å². The van der Waals surface area contributed by atoms with Crippen molar-refractivity contribution in [1.29, 1.82) is 0 Å². The molecular weight excluding hydrogens is 232 g/mol. The maximum Gasteiger partial charge on any atom is 0.323 e. The summed E-state index contributed by atoms with van der Waals surface area (Å²) in [6, 6.07) is 0. The summed E-state index contributed by atoms with van der Waals surface area (Å²) in [7, 11) is 2.68. The molecule has 0 atom stereocenters. The van der Waals surface area contributed by atoms with Crippen LogP contribution in [0.4, 0.5) is 0 Å². The van der Waals surface area contributed by atoms with Crippen molar-refractivity contribution >= 4 is 11.9 Å². The highest BCUT2D eigenvalue weighted by Crippen LogP contribution is 2.54. The minimum Gasteiger partial charge on any atom is -0.468 e. The summed E-state index contributed by atoms with van der Waals surface area (Å²) in [6.45, 7) is 0. The molecule has 0 aromatic carbocycles. The minimum absolute atomic E-state index is 0.380. The molecule has 2 aliphatic rings. The van der Waals surface area contributed by atoms with Crippen molar-refractivity contribution in [3.8, 4) is 0 Å². The van der Waals surface area contributed by atoms with Crippen LogP contribution >= 0.6 is 0 Å². The van der Waals surface area contributed by atoms with E-state index in [0.29, 0.717) is 18.3 Å². The number of carbonyl (C=O) groups is 2. The number of carbonyl (C=O) groups excluding carboxylic acids is 2. The molecule has 0 saturated heterocycles. The summed E-state index contributed by atoms with van der Waals surface area (Å²) in [5.41, 5.74) is -0.664. The average molecular weight is 254 g/mol. The van der Waals surface area contributed by atoms with Gasteiger partial charge in [-0.15, -0.1) is 0 Å². The maximum atomic E-state index is 12.0. The van der Waals surface area contributed by atoms with Crippen molar-refractivity contribution in [2.75, 3.05) is 14.2 Å². The Morgan fingerprint density at radius 2 is 1.22 bits per heavy atom. The number of hydrogen-bond acceptors (Lipinski definition) is 4. The van der Waals surface area contributed by atoms with E-state index in [1.54, 1.807) is 0 Å². The van der Waals surface area contributed by atoms with E-state index < -0.39 is 17.4 Å². The Bertz CT molecular complexity index is 314. The van der Waals surface area contributed by atoms with Gasteiger partial charge in [-0.2, -0.15) is 0 Å². The fourth-order valence-electron chi connectivity index (χ4n) is 3.71. The van der Waals surface area contributed by atoms with Gasteiger partial charge in [-0.25, -0.2) is 0 Å². The van der Waals surface area contributed by atoms with Crippen molar-refractivity contribution in [2.24, 2.45) is 10.8 Å². The zero-order valence-corrected chi connectivity index (χ0v) is 11.3. The van der Waals surface area contributed by atoms with E-state index in [0.717, 1.165) is 12.8 Å². The van der Waals surface area contributed by atoms with Crippen molar-refractivity contribution < 1.29 is 19.1 Å². The van der Waals surface area contributed by atoms with Crippen LogP contribution in [0.15, 0.2) is 0 Å². The highest BCUT2D eigenvalue weighted by Gasteiger charge is 2.54. The standard InChI is InChI=1S/C14H22O4/c1-17-11(15)14(12(16)18-2)9-7-13(8-10-14)5-3-4-6-13/h3-10H2,1-2H3. The van der Waals surface area contributed by atoms with E-state index in [4.69, 9.17) is 9.47 Å². The summed E-state index contributed by atoms with van der Waals surface area (Å²) < 4.78 is 9.65. The summed E-state index contributed by atoms with van der Waals surface area (Å²) in [4.78, 5) is 23.9. The summed E-state index contributed by atoms with van der Waals surface area (Å²) in [6.07, 6.45) is 8.08. The largest absolute Gasteiger partial charge is 0.468 e. The Morgan fingerprint density at radius 1 is 0.778 bits per heavy atom. The molecule has 1 spiro atoms. The number of rotatable bonds is 2. The predicted molar refractivity (Wildman–Crippen MR) is 65.8 cm³/mol. The minimum atomic E-state index is -1.04. The molecule has 0 aliphatic heterocycles. The van der Waals surface area contributed by atoms with Crippen LogP contribution in [0.1, 0.15) is 51.4 Å². The lowest BCUT2D eigenvalue weighted by Crippen LogP contribution is -2.46. The summed E-state index contributed by atoms with van der Waals surface area (Å²) >= 11 is 0. The van der Waals surface area contributed by atoms with Gasteiger partial charge in [0.05, 0.1) is 14.2 Å². The van der Waals surface area contributed by atoms with Crippen molar-refractivity contribution in [1.82, 2.24) is 0 Å². The number of esters is 2. The maximum absolute atomic E-state index is 12.0. The van der Waals surface area contributed by atoms with Gasteiger partial charge in [0.1, 0.15) is 0 Å². The number of methoxy groups -OCH3 is 2. The van der Waals surface area contributed by atoms with Gasteiger partial charge in [0.15, 0.2) is 5.41 Å². The van der Waals surface area contributed by atoms with Crippen LogP contribution in [-0.4, -0.2) is 26.2 Å². The second-order valence-corrected chi connectivity index (χ2v) is 5.77. The fraction of sp³-hybridized carbons (Fsp3) is 0.857. The molecule has 0 heterocycles. The van der Waals surface area contributed by atoms with Gasteiger partial charge in [0, 0.05) is 0 Å². The molecule has 0 aromatic heterocycles. The lowest BCUT2D eigenvalue weighted by molar-refractivity contribution is -0.173. The van der Waals surface area contributed by atoms with Crippen molar-refractivity contribution in [3.05, 3.63) is 0 Å². The topological polar surface area (TPSA) is 52.6 Å². The lowest BCUT2D eigenvalue weighted by Gasteiger charge is -2.41. The van der Waals surface area contributed by atoms with Crippen molar-refractivity contribution in [2.45, 2.75) is 51.4 Å². The molecule has 0 aromatic rings. The van der Waals surface area contributed by atoms with Gasteiger partial charge < -0.3 is 9.47 Å². The van der Waals surface area contributed by atoms with Crippen LogP contribution in [-0.2, 0) is 19.1 Å². The first-order valence-electron chi connectivity index (χ1n) is 6.75. The first-order valence-corrected chi connectivity index (χ1v) is 6.75. The quantitative estimate of drug-likeness (QED) is 0.561. The molecule has 2 fully saturated rings. The van der Waals surface area contributed by atoms with E-state index in [1.807, 2.05) is 0 Å². The van der Waals surface area contributed by atoms with Gasteiger partial charge in [0.25, 0.3) is 0 Å². The zero-order chi connectivity index (χ0) is 13.2. The van der Waals surface area contributed by atoms with Gasteiger partial charge in [-0.3, -0.25) is 9.59 Å². The fourth-order valence-corrected chi connectivity index (χ4v) is 3.71. The number of hydrogen-bond donors (Lipinski definition) is 0. The molecule has 4 nitrogen and oxygen atoms in total. The molecule has 0 unspecified atom stereocenters. The Morgan fingerprint density at radius 3 is 1.61 bits per heavy atom. The van der Waals surface area contributed by atoms with Crippen LogP contribution in [0, 0.1) is 10.8 Å². The van der Waals surface area contributed by atoms with Crippen LogP contribution < -0.4 is 0 Å². The molecule has 102 valence electrons.